The molecule has 11 heteroatoms. The minimum absolute atomic E-state index is 0.118. The van der Waals surface area contributed by atoms with Crippen molar-refractivity contribution in [2.75, 3.05) is 18.8 Å². The number of carbonyl (C=O) groups is 4. The smallest absolute Gasteiger partial charge is 0.326 e. The van der Waals surface area contributed by atoms with Crippen molar-refractivity contribution in [3.63, 3.8) is 0 Å². The number of nitrogens with one attached hydrogen (secondary N) is 3. The van der Waals surface area contributed by atoms with Crippen molar-refractivity contribution in [1.29, 1.82) is 0 Å². The van der Waals surface area contributed by atoms with Gasteiger partial charge >= 0.3 is 5.97 Å². The van der Waals surface area contributed by atoms with Gasteiger partial charge in [-0.05, 0) is 31.4 Å². The van der Waals surface area contributed by atoms with E-state index in [-0.39, 0.29) is 25.1 Å². The van der Waals surface area contributed by atoms with Gasteiger partial charge in [-0.15, -0.1) is 0 Å². The molecule has 0 aliphatic rings. The van der Waals surface area contributed by atoms with Gasteiger partial charge in [0.1, 0.15) is 12.1 Å². The molecule has 0 aliphatic heterocycles. The summed E-state index contributed by atoms with van der Waals surface area (Å²) in [4.78, 5) is 48.3. The summed E-state index contributed by atoms with van der Waals surface area (Å²) in [6.07, 6.45) is 1.55. The van der Waals surface area contributed by atoms with Crippen LogP contribution in [0.4, 0.5) is 0 Å². The quantitative estimate of drug-likeness (QED) is 0.136. The number of carbonyl (C=O) groups excluding carboxylic acids is 3. The van der Waals surface area contributed by atoms with Gasteiger partial charge in [0.05, 0.1) is 12.6 Å². The molecule has 1 rings (SSSR count). The predicted octanol–water partition coefficient (Wildman–Crippen LogP) is -1.21. The summed E-state index contributed by atoms with van der Waals surface area (Å²) < 4.78 is 0. The highest BCUT2D eigenvalue weighted by Gasteiger charge is 2.26. The van der Waals surface area contributed by atoms with Crippen LogP contribution >= 0.6 is 12.6 Å². The number of nitrogens with two attached hydrogens (primary N) is 2. The first-order valence-corrected chi connectivity index (χ1v) is 10.6. The highest BCUT2D eigenvalue weighted by atomic mass is 32.1. The van der Waals surface area contributed by atoms with E-state index in [1.807, 2.05) is 6.07 Å². The van der Waals surface area contributed by atoms with Gasteiger partial charge in [-0.3, -0.25) is 14.4 Å². The molecule has 0 fully saturated rings. The Balaban J connectivity index is 2.82. The maximum Gasteiger partial charge on any atom is 0.326 e. The lowest BCUT2D eigenvalue weighted by molar-refractivity contribution is -0.142. The standard InChI is InChI=1S/C20H31N5O5S/c21-9-5-4-8-15(20(29)30)25-19(28)16(10-13-6-2-1-3-7-13)24-17(26)11-23-18(27)14(22)12-31/h1-3,6-7,14-16,31H,4-5,8-12,21-22H2,(H,23,27)(H,24,26)(H,25,28)(H,29,30). The van der Waals surface area contributed by atoms with Crippen LogP contribution in [0.2, 0.25) is 0 Å². The van der Waals surface area contributed by atoms with Crippen molar-refractivity contribution < 1.29 is 24.3 Å². The fraction of sp³-hybridized carbons (Fsp3) is 0.500. The van der Waals surface area contributed by atoms with E-state index in [1.54, 1.807) is 24.3 Å². The normalized spacial score (nSPS) is 13.5. The van der Waals surface area contributed by atoms with Crippen LogP contribution in [0.15, 0.2) is 30.3 Å². The lowest BCUT2D eigenvalue weighted by Gasteiger charge is -2.22. The molecule has 0 aliphatic carbocycles. The molecule has 0 spiro atoms. The summed E-state index contributed by atoms with van der Waals surface area (Å²) in [5.41, 5.74) is 11.8. The zero-order chi connectivity index (χ0) is 23.2. The van der Waals surface area contributed by atoms with Gasteiger partial charge in [-0.1, -0.05) is 30.3 Å². The third kappa shape index (κ3) is 10.3. The Morgan fingerprint density at radius 3 is 2.26 bits per heavy atom. The second-order valence-corrected chi connectivity index (χ2v) is 7.37. The van der Waals surface area contributed by atoms with Gasteiger partial charge in [-0.25, -0.2) is 4.79 Å². The van der Waals surface area contributed by atoms with Crippen LogP contribution < -0.4 is 27.4 Å². The minimum Gasteiger partial charge on any atom is -0.480 e. The molecule has 0 bridgehead atoms. The van der Waals surface area contributed by atoms with E-state index < -0.39 is 41.8 Å². The molecule has 3 atom stereocenters. The molecule has 3 amide bonds. The van der Waals surface area contributed by atoms with Crippen LogP contribution in [0.1, 0.15) is 24.8 Å². The van der Waals surface area contributed by atoms with Crippen LogP contribution in [0, 0.1) is 0 Å². The number of unbranched alkanes of at least 4 members (excludes halogenated alkanes) is 1. The second-order valence-electron chi connectivity index (χ2n) is 7.00. The highest BCUT2D eigenvalue weighted by molar-refractivity contribution is 7.80. The average Bonchev–Trinajstić information content (AvgIpc) is 2.76. The maximum atomic E-state index is 12.8. The molecule has 10 nitrogen and oxygen atoms in total. The highest BCUT2D eigenvalue weighted by Crippen LogP contribution is 2.06. The number of carboxylic acids is 1. The first kappa shape index (κ1) is 26.4. The van der Waals surface area contributed by atoms with Crippen molar-refractivity contribution in [2.45, 2.75) is 43.8 Å². The molecule has 3 unspecified atom stereocenters. The van der Waals surface area contributed by atoms with Crippen molar-refractivity contribution in [2.24, 2.45) is 11.5 Å². The number of benzene rings is 1. The number of carboxylic acid groups (broad SMARTS) is 1. The molecule has 172 valence electrons. The van der Waals surface area contributed by atoms with Crippen LogP contribution in [-0.2, 0) is 25.6 Å². The molecule has 0 aromatic heterocycles. The topological polar surface area (TPSA) is 177 Å². The van der Waals surface area contributed by atoms with E-state index in [4.69, 9.17) is 11.5 Å². The van der Waals surface area contributed by atoms with Crippen molar-refractivity contribution >= 4 is 36.3 Å². The van der Waals surface area contributed by atoms with Crippen molar-refractivity contribution in [3.05, 3.63) is 35.9 Å². The number of rotatable bonds is 14. The van der Waals surface area contributed by atoms with Crippen LogP contribution in [-0.4, -0.2) is 65.8 Å². The molecule has 31 heavy (non-hydrogen) atoms. The molecule has 8 N–H and O–H groups in total. The fourth-order valence-corrected chi connectivity index (χ4v) is 2.87. The minimum atomic E-state index is -1.16. The third-order valence-electron chi connectivity index (χ3n) is 4.45. The summed E-state index contributed by atoms with van der Waals surface area (Å²) in [6.45, 7) is 0.0489. The van der Waals surface area contributed by atoms with Crippen LogP contribution in [0.25, 0.3) is 0 Å². The fourth-order valence-electron chi connectivity index (χ4n) is 2.71. The van der Waals surface area contributed by atoms with Gasteiger partial charge < -0.3 is 32.5 Å². The molecule has 0 saturated carbocycles. The predicted molar refractivity (Wildman–Crippen MR) is 119 cm³/mol. The number of thiol groups is 1. The zero-order valence-corrected chi connectivity index (χ0v) is 18.1. The summed E-state index contributed by atoms with van der Waals surface area (Å²) in [5, 5.41) is 16.8. The lowest BCUT2D eigenvalue weighted by Crippen LogP contribution is -2.54. The largest absolute Gasteiger partial charge is 0.480 e. The number of aliphatic carboxylic acids is 1. The lowest BCUT2D eigenvalue weighted by atomic mass is 10.0. The monoisotopic (exact) mass is 453 g/mol. The Kier molecular flexibility index (Phi) is 12.3. The Labute approximate surface area is 186 Å². The Morgan fingerprint density at radius 2 is 1.68 bits per heavy atom. The molecular weight excluding hydrogens is 422 g/mol. The van der Waals surface area contributed by atoms with Crippen molar-refractivity contribution in [3.8, 4) is 0 Å². The average molecular weight is 454 g/mol. The SMILES string of the molecule is NCCCCC(NC(=O)C(Cc1ccccc1)NC(=O)CNC(=O)C(N)CS)C(=O)O. The van der Waals surface area contributed by atoms with Gasteiger partial charge in [0, 0.05) is 12.2 Å². The zero-order valence-electron chi connectivity index (χ0n) is 17.3. The maximum absolute atomic E-state index is 12.8. The first-order valence-electron chi connectivity index (χ1n) is 9.99. The number of hydrogen-bond acceptors (Lipinski definition) is 7. The van der Waals surface area contributed by atoms with Crippen molar-refractivity contribution in [1.82, 2.24) is 16.0 Å². The summed E-state index contributed by atoms with van der Waals surface area (Å²) >= 11 is 3.92. The molecule has 1 aromatic carbocycles. The van der Waals surface area contributed by atoms with Gasteiger partial charge in [0.2, 0.25) is 17.7 Å². The first-order chi connectivity index (χ1) is 14.8. The van der Waals surface area contributed by atoms with Gasteiger partial charge in [-0.2, -0.15) is 12.6 Å². The molecule has 0 saturated heterocycles. The second kappa shape index (κ2) is 14.4. The van der Waals surface area contributed by atoms with Gasteiger partial charge in [0.15, 0.2) is 0 Å². The van der Waals surface area contributed by atoms with E-state index in [0.717, 1.165) is 5.56 Å². The summed E-state index contributed by atoms with van der Waals surface area (Å²) in [6, 6.07) is 5.99. The third-order valence-corrected chi connectivity index (χ3v) is 4.85. The van der Waals surface area contributed by atoms with E-state index in [1.165, 1.54) is 0 Å². The Bertz CT molecular complexity index is 734. The van der Waals surface area contributed by atoms with E-state index in [0.29, 0.717) is 19.4 Å². The number of amides is 3. The molecule has 0 heterocycles. The molecule has 1 aromatic rings. The Hall–Kier alpha value is -2.63. The summed E-state index contributed by atoms with van der Waals surface area (Å²) in [7, 11) is 0. The Morgan fingerprint density at radius 1 is 1.00 bits per heavy atom. The van der Waals surface area contributed by atoms with Gasteiger partial charge in [0.25, 0.3) is 0 Å². The molecular formula is C20H31N5O5S. The molecule has 0 radical (unpaired) electrons. The van der Waals surface area contributed by atoms with Crippen LogP contribution in [0.5, 0.6) is 0 Å². The van der Waals surface area contributed by atoms with Crippen LogP contribution in [0.3, 0.4) is 0 Å². The van der Waals surface area contributed by atoms with E-state index in [9.17, 15) is 24.3 Å². The number of hydrogen-bond donors (Lipinski definition) is 7. The van der Waals surface area contributed by atoms with E-state index >= 15 is 0 Å². The van der Waals surface area contributed by atoms with E-state index in [2.05, 4.69) is 28.6 Å². The summed E-state index contributed by atoms with van der Waals surface area (Å²) in [5.74, 6) is -2.82.